The van der Waals surface area contributed by atoms with Crippen molar-refractivity contribution in [1.82, 2.24) is 4.98 Å². The second kappa shape index (κ2) is 3.61. The highest BCUT2D eigenvalue weighted by Gasteiger charge is 2.11. The lowest BCUT2D eigenvalue weighted by Crippen LogP contribution is -1.98. The van der Waals surface area contributed by atoms with Crippen molar-refractivity contribution < 1.29 is 4.39 Å². The number of aromatic nitrogens is 1. The van der Waals surface area contributed by atoms with E-state index in [1.54, 1.807) is 6.07 Å². The van der Waals surface area contributed by atoms with E-state index < -0.39 is 0 Å². The highest BCUT2D eigenvalue weighted by Crippen LogP contribution is 2.26. The third kappa shape index (κ3) is 1.72. The zero-order chi connectivity index (χ0) is 11.0. The van der Waals surface area contributed by atoms with Crippen molar-refractivity contribution in [3.05, 3.63) is 41.5 Å². The molecular weight excluding hydrogens is 189 g/mol. The summed E-state index contributed by atoms with van der Waals surface area (Å²) in [6, 6.07) is 7.08. The number of hydrogen-bond acceptors (Lipinski definition) is 1. The number of aryl methyl sites for hydroxylation is 1. The smallest absolute Gasteiger partial charge is 0.132 e. The summed E-state index contributed by atoms with van der Waals surface area (Å²) in [6.45, 7) is 6.01. The van der Waals surface area contributed by atoms with Crippen LogP contribution in [0.25, 0.3) is 10.8 Å². The Kier molecular flexibility index (Phi) is 2.43. The summed E-state index contributed by atoms with van der Waals surface area (Å²) in [6.07, 6.45) is 0. The van der Waals surface area contributed by atoms with Crippen molar-refractivity contribution in [2.75, 3.05) is 0 Å². The van der Waals surface area contributed by atoms with Crippen molar-refractivity contribution in [3.8, 4) is 0 Å². The van der Waals surface area contributed by atoms with Crippen LogP contribution < -0.4 is 0 Å². The van der Waals surface area contributed by atoms with Crippen molar-refractivity contribution in [2.45, 2.75) is 26.7 Å². The van der Waals surface area contributed by atoms with Crippen molar-refractivity contribution in [3.63, 3.8) is 0 Å². The van der Waals surface area contributed by atoms with Gasteiger partial charge >= 0.3 is 0 Å². The van der Waals surface area contributed by atoms with Crippen LogP contribution in [-0.2, 0) is 0 Å². The third-order valence-corrected chi connectivity index (χ3v) is 2.51. The van der Waals surface area contributed by atoms with Gasteiger partial charge in [-0.1, -0.05) is 26.0 Å². The van der Waals surface area contributed by atoms with Crippen LogP contribution in [0.5, 0.6) is 0 Å². The van der Waals surface area contributed by atoms with Gasteiger partial charge in [-0.3, -0.25) is 4.98 Å². The predicted molar refractivity (Wildman–Crippen MR) is 60.5 cm³/mol. The minimum atomic E-state index is -0.177. The molecule has 0 spiro atoms. The molecule has 0 bridgehead atoms. The highest BCUT2D eigenvalue weighted by atomic mass is 19.1. The molecule has 0 radical (unpaired) electrons. The largest absolute Gasteiger partial charge is 0.257 e. The van der Waals surface area contributed by atoms with Gasteiger partial charge in [0.15, 0.2) is 0 Å². The van der Waals surface area contributed by atoms with Gasteiger partial charge in [0.2, 0.25) is 0 Å². The molecule has 0 fully saturated rings. The number of hydrogen-bond donors (Lipinski definition) is 0. The molecule has 0 atom stereocenters. The van der Waals surface area contributed by atoms with Gasteiger partial charge in [-0.15, -0.1) is 0 Å². The summed E-state index contributed by atoms with van der Waals surface area (Å²) in [7, 11) is 0. The molecule has 15 heavy (non-hydrogen) atoms. The summed E-state index contributed by atoms with van der Waals surface area (Å²) in [5, 5.41) is 1.60. The summed E-state index contributed by atoms with van der Waals surface area (Å²) in [5.74, 6) is 0.0630. The summed E-state index contributed by atoms with van der Waals surface area (Å²) in [5.41, 5.74) is 1.79. The first-order valence-corrected chi connectivity index (χ1v) is 5.15. The standard InChI is InChI=1S/C13H14FN/c1-8(2)13-12-10(7-9(3)15-13)5-4-6-11(12)14/h4-8H,1-3H3. The van der Waals surface area contributed by atoms with E-state index in [0.717, 1.165) is 16.8 Å². The molecule has 0 aliphatic carbocycles. The number of rotatable bonds is 1. The molecule has 0 unspecified atom stereocenters. The predicted octanol–water partition coefficient (Wildman–Crippen LogP) is 3.81. The van der Waals surface area contributed by atoms with E-state index in [1.165, 1.54) is 6.07 Å². The first-order valence-electron chi connectivity index (χ1n) is 5.15. The molecule has 78 valence electrons. The molecule has 0 saturated carbocycles. The lowest BCUT2D eigenvalue weighted by Gasteiger charge is -2.10. The molecule has 1 heterocycles. The molecule has 2 rings (SSSR count). The number of benzene rings is 1. The SMILES string of the molecule is Cc1cc2cccc(F)c2c(C(C)C)n1. The average Bonchev–Trinajstić information content (AvgIpc) is 2.16. The first-order chi connectivity index (χ1) is 7.09. The Balaban J connectivity index is 2.88. The van der Waals surface area contributed by atoms with Gasteiger partial charge in [0.05, 0.1) is 5.69 Å². The maximum absolute atomic E-state index is 13.7. The Morgan fingerprint density at radius 2 is 2.00 bits per heavy atom. The number of fused-ring (bicyclic) bond motifs is 1. The summed E-state index contributed by atoms with van der Waals surface area (Å²) in [4.78, 5) is 4.42. The number of pyridine rings is 1. The molecule has 1 aromatic carbocycles. The van der Waals surface area contributed by atoms with Gasteiger partial charge in [0, 0.05) is 11.1 Å². The molecular formula is C13H14FN. The Morgan fingerprint density at radius 3 is 2.67 bits per heavy atom. The Bertz CT molecular complexity index is 503. The highest BCUT2D eigenvalue weighted by molar-refractivity contribution is 5.85. The lowest BCUT2D eigenvalue weighted by atomic mass is 10.0. The van der Waals surface area contributed by atoms with E-state index in [9.17, 15) is 4.39 Å². The van der Waals surface area contributed by atoms with Gasteiger partial charge in [0.25, 0.3) is 0 Å². The maximum atomic E-state index is 13.7. The molecule has 0 N–H and O–H groups in total. The van der Waals surface area contributed by atoms with Gasteiger partial charge < -0.3 is 0 Å². The molecule has 2 heteroatoms. The normalized spacial score (nSPS) is 11.3. The Morgan fingerprint density at radius 1 is 1.27 bits per heavy atom. The van der Waals surface area contributed by atoms with Gasteiger partial charge in [-0.25, -0.2) is 4.39 Å². The second-order valence-electron chi connectivity index (χ2n) is 4.14. The number of halogens is 1. The minimum absolute atomic E-state index is 0.177. The molecule has 2 aromatic rings. The zero-order valence-electron chi connectivity index (χ0n) is 9.21. The molecule has 1 aromatic heterocycles. The van der Waals surface area contributed by atoms with Crippen LogP contribution in [0.4, 0.5) is 4.39 Å². The zero-order valence-corrected chi connectivity index (χ0v) is 9.21. The van der Waals surface area contributed by atoms with Gasteiger partial charge in [-0.05, 0) is 30.4 Å². The van der Waals surface area contributed by atoms with Crippen LogP contribution in [0.1, 0.15) is 31.2 Å². The topological polar surface area (TPSA) is 12.9 Å². The Hall–Kier alpha value is -1.44. The van der Waals surface area contributed by atoms with E-state index in [4.69, 9.17) is 0 Å². The van der Waals surface area contributed by atoms with Crippen LogP contribution >= 0.6 is 0 Å². The Labute approximate surface area is 89.0 Å². The van der Waals surface area contributed by atoms with Crippen molar-refractivity contribution >= 4 is 10.8 Å². The van der Waals surface area contributed by atoms with Gasteiger partial charge in [-0.2, -0.15) is 0 Å². The molecule has 0 amide bonds. The van der Waals surface area contributed by atoms with E-state index in [2.05, 4.69) is 4.98 Å². The molecule has 0 aliphatic heterocycles. The number of nitrogens with zero attached hydrogens (tertiary/aromatic N) is 1. The van der Waals surface area contributed by atoms with E-state index in [-0.39, 0.29) is 11.7 Å². The summed E-state index contributed by atoms with van der Waals surface area (Å²) >= 11 is 0. The van der Waals surface area contributed by atoms with Gasteiger partial charge in [0.1, 0.15) is 5.82 Å². The second-order valence-corrected chi connectivity index (χ2v) is 4.14. The van der Waals surface area contributed by atoms with Crippen LogP contribution in [0, 0.1) is 12.7 Å². The molecule has 1 nitrogen and oxygen atoms in total. The average molecular weight is 203 g/mol. The maximum Gasteiger partial charge on any atom is 0.132 e. The molecule has 0 aliphatic rings. The quantitative estimate of drug-likeness (QED) is 0.686. The van der Waals surface area contributed by atoms with Crippen LogP contribution in [0.15, 0.2) is 24.3 Å². The van der Waals surface area contributed by atoms with Crippen molar-refractivity contribution in [1.29, 1.82) is 0 Å². The van der Waals surface area contributed by atoms with Crippen LogP contribution in [0.2, 0.25) is 0 Å². The lowest BCUT2D eigenvalue weighted by molar-refractivity contribution is 0.636. The molecule has 0 saturated heterocycles. The van der Waals surface area contributed by atoms with E-state index in [0.29, 0.717) is 5.39 Å². The van der Waals surface area contributed by atoms with Crippen LogP contribution in [-0.4, -0.2) is 4.98 Å². The fourth-order valence-corrected chi connectivity index (χ4v) is 1.85. The van der Waals surface area contributed by atoms with E-state index >= 15 is 0 Å². The third-order valence-electron chi connectivity index (χ3n) is 2.51. The van der Waals surface area contributed by atoms with Crippen LogP contribution in [0.3, 0.4) is 0 Å². The minimum Gasteiger partial charge on any atom is -0.257 e. The van der Waals surface area contributed by atoms with E-state index in [1.807, 2.05) is 32.9 Å². The first kappa shape index (κ1) is 10.1. The monoisotopic (exact) mass is 203 g/mol. The fraction of sp³-hybridized carbons (Fsp3) is 0.308. The summed E-state index contributed by atoms with van der Waals surface area (Å²) < 4.78 is 13.7. The van der Waals surface area contributed by atoms with Crippen molar-refractivity contribution in [2.24, 2.45) is 0 Å². The fourth-order valence-electron chi connectivity index (χ4n) is 1.85.